The number of nitriles is 1. The quantitative estimate of drug-likeness (QED) is 0.435. The van der Waals surface area contributed by atoms with Crippen molar-refractivity contribution in [2.45, 2.75) is 25.9 Å². The number of methoxy groups -OCH3 is 1. The van der Waals surface area contributed by atoms with Gasteiger partial charge in [-0.25, -0.2) is 4.79 Å². The number of nitrogens with zero attached hydrogens (tertiary/aromatic N) is 4. The van der Waals surface area contributed by atoms with E-state index in [2.05, 4.69) is 11.4 Å². The van der Waals surface area contributed by atoms with E-state index in [0.717, 1.165) is 22.5 Å². The number of ether oxygens (including phenoxy) is 1. The van der Waals surface area contributed by atoms with E-state index in [1.807, 2.05) is 78.7 Å². The molecular weight excluding hydrogens is 434 g/mol. The monoisotopic (exact) mass is 457 g/mol. The Hall–Kier alpha value is -3.96. The number of nitrogens with one attached hydrogen (secondary N) is 1. The summed E-state index contributed by atoms with van der Waals surface area (Å²) in [7, 11) is 1.37. The van der Waals surface area contributed by atoms with Crippen molar-refractivity contribution >= 4 is 29.0 Å². The van der Waals surface area contributed by atoms with Crippen LogP contribution in [0.4, 0.5) is 5.69 Å². The maximum atomic E-state index is 13.0. The maximum Gasteiger partial charge on any atom is 0.337 e. The van der Waals surface area contributed by atoms with Crippen molar-refractivity contribution in [3.8, 4) is 17.3 Å². The second kappa shape index (κ2) is 9.67. The van der Waals surface area contributed by atoms with Crippen LogP contribution in [0.25, 0.3) is 11.3 Å². The number of benzene rings is 2. The van der Waals surface area contributed by atoms with Crippen LogP contribution in [0.1, 0.15) is 24.9 Å². The van der Waals surface area contributed by atoms with Crippen LogP contribution >= 0.6 is 12.2 Å². The first-order valence-electron chi connectivity index (χ1n) is 10.5. The molecule has 1 aliphatic heterocycles. The van der Waals surface area contributed by atoms with Gasteiger partial charge in [-0.2, -0.15) is 10.4 Å². The summed E-state index contributed by atoms with van der Waals surface area (Å²) in [6.07, 6.45) is 2.20. The van der Waals surface area contributed by atoms with Crippen molar-refractivity contribution < 1.29 is 9.53 Å². The molecule has 0 radical (unpaired) electrons. The van der Waals surface area contributed by atoms with Gasteiger partial charge < -0.3 is 10.1 Å². The molecule has 0 amide bonds. The highest BCUT2D eigenvalue weighted by Gasteiger charge is 2.37. The number of aryl methyl sites for hydroxylation is 1. The Bertz CT molecular complexity index is 1240. The molecule has 166 valence electrons. The third-order valence-corrected chi connectivity index (χ3v) is 5.81. The molecule has 1 N–H and O–H groups in total. The minimum Gasteiger partial charge on any atom is -0.466 e. The zero-order valence-corrected chi connectivity index (χ0v) is 19.2. The van der Waals surface area contributed by atoms with E-state index in [1.165, 1.54) is 7.11 Å². The van der Waals surface area contributed by atoms with Crippen LogP contribution in [-0.2, 0) is 16.1 Å². The Labute approximate surface area is 197 Å². The van der Waals surface area contributed by atoms with Gasteiger partial charge in [0.25, 0.3) is 0 Å². The average Bonchev–Trinajstić information content (AvgIpc) is 3.27. The molecule has 2 heterocycles. The molecule has 0 saturated heterocycles. The summed E-state index contributed by atoms with van der Waals surface area (Å²) in [4.78, 5) is 14.8. The van der Waals surface area contributed by atoms with Crippen LogP contribution in [0.5, 0.6) is 0 Å². The van der Waals surface area contributed by atoms with E-state index in [4.69, 9.17) is 27.3 Å². The number of carbonyl (C=O) groups is 1. The van der Waals surface area contributed by atoms with Gasteiger partial charge in [0.2, 0.25) is 0 Å². The number of carbonyl (C=O) groups excluding carboxylic acids is 1. The van der Waals surface area contributed by atoms with Gasteiger partial charge in [0, 0.05) is 28.7 Å². The number of anilines is 1. The van der Waals surface area contributed by atoms with E-state index in [0.29, 0.717) is 29.3 Å². The van der Waals surface area contributed by atoms with E-state index >= 15 is 0 Å². The third-order valence-electron chi connectivity index (χ3n) is 5.51. The lowest BCUT2D eigenvalue weighted by molar-refractivity contribution is -0.136. The van der Waals surface area contributed by atoms with Gasteiger partial charge in [-0.15, -0.1) is 0 Å². The van der Waals surface area contributed by atoms with Crippen LogP contribution in [-0.4, -0.2) is 28.0 Å². The molecule has 0 aliphatic carbocycles. The highest BCUT2D eigenvalue weighted by atomic mass is 32.1. The van der Waals surface area contributed by atoms with Gasteiger partial charge >= 0.3 is 5.97 Å². The Kier molecular flexibility index (Phi) is 6.52. The molecule has 0 unspecified atom stereocenters. The van der Waals surface area contributed by atoms with E-state index in [9.17, 15) is 4.79 Å². The van der Waals surface area contributed by atoms with Crippen molar-refractivity contribution in [1.29, 1.82) is 5.26 Å². The zero-order chi connectivity index (χ0) is 23.4. The third kappa shape index (κ3) is 4.36. The van der Waals surface area contributed by atoms with Crippen molar-refractivity contribution in [3.63, 3.8) is 0 Å². The van der Waals surface area contributed by atoms with Gasteiger partial charge in [-0.1, -0.05) is 48.5 Å². The van der Waals surface area contributed by atoms with Gasteiger partial charge in [-0.3, -0.25) is 9.58 Å². The number of rotatable bonds is 6. The SMILES string of the molecule is COC(=O)C1=C(C)N(c2ccccc2)C(=S)N[C@@H]1c1cn(CCC#N)nc1-c1ccccc1. The van der Waals surface area contributed by atoms with Crippen LogP contribution < -0.4 is 10.2 Å². The van der Waals surface area contributed by atoms with E-state index in [-0.39, 0.29) is 0 Å². The topological polar surface area (TPSA) is 83.2 Å². The molecule has 33 heavy (non-hydrogen) atoms. The summed E-state index contributed by atoms with van der Waals surface area (Å²) < 4.78 is 6.91. The summed E-state index contributed by atoms with van der Waals surface area (Å²) in [6, 6.07) is 21.0. The number of esters is 1. The first-order chi connectivity index (χ1) is 16.0. The molecule has 2 aromatic carbocycles. The molecule has 0 spiro atoms. The van der Waals surface area contributed by atoms with Gasteiger partial charge in [0.1, 0.15) is 0 Å². The van der Waals surface area contributed by atoms with Crippen LogP contribution in [0.3, 0.4) is 0 Å². The largest absolute Gasteiger partial charge is 0.466 e. The van der Waals surface area contributed by atoms with Crippen LogP contribution in [0.2, 0.25) is 0 Å². The molecule has 1 aliphatic rings. The molecular formula is C25H23N5O2S. The number of aromatic nitrogens is 2. The van der Waals surface area contributed by atoms with Crippen molar-refractivity contribution in [3.05, 3.63) is 83.7 Å². The predicted octanol–water partition coefficient (Wildman–Crippen LogP) is 4.35. The zero-order valence-electron chi connectivity index (χ0n) is 18.4. The number of hydrogen-bond acceptors (Lipinski definition) is 5. The Morgan fingerprint density at radius 3 is 2.48 bits per heavy atom. The fraction of sp³-hybridized carbons (Fsp3) is 0.200. The van der Waals surface area contributed by atoms with E-state index in [1.54, 1.807) is 4.68 Å². The van der Waals surface area contributed by atoms with E-state index < -0.39 is 12.0 Å². The maximum absolute atomic E-state index is 13.0. The smallest absolute Gasteiger partial charge is 0.337 e. The summed E-state index contributed by atoms with van der Waals surface area (Å²) in [5.74, 6) is -0.447. The lowest BCUT2D eigenvalue weighted by atomic mass is 9.93. The fourth-order valence-corrected chi connectivity index (χ4v) is 4.35. The van der Waals surface area contributed by atoms with Crippen LogP contribution in [0.15, 0.2) is 78.1 Å². The minimum absolute atomic E-state index is 0.326. The number of allylic oxidation sites excluding steroid dienone is 1. The van der Waals surface area contributed by atoms with Crippen molar-refractivity contribution in [2.75, 3.05) is 12.0 Å². The number of thiocarbonyl (C=S) groups is 1. The molecule has 0 bridgehead atoms. The number of hydrogen-bond donors (Lipinski definition) is 1. The fourth-order valence-electron chi connectivity index (χ4n) is 3.99. The summed E-state index contributed by atoms with van der Waals surface area (Å²) in [6.45, 7) is 2.31. The highest BCUT2D eigenvalue weighted by molar-refractivity contribution is 7.80. The normalized spacial score (nSPS) is 15.7. The molecule has 4 rings (SSSR count). The standard InChI is InChI=1S/C25H23N5O2S/c1-17-21(24(31)32-2)23(27-25(33)30(17)19-12-7-4-8-13-19)20-16-29(15-9-14-26)28-22(20)18-10-5-3-6-11-18/h3-8,10-13,16,23H,9,15H2,1-2H3,(H,27,33)/t23-/m1/s1. The summed E-state index contributed by atoms with van der Waals surface area (Å²) in [5.41, 5.74) is 4.39. The first-order valence-corrected chi connectivity index (χ1v) is 10.9. The Balaban J connectivity index is 1.88. The Morgan fingerprint density at radius 1 is 1.18 bits per heavy atom. The summed E-state index contributed by atoms with van der Waals surface area (Å²) in [5, 5.41) is 17.6. The first kappa shape index (κ1) is 22.2. The molecule has 1 aromatic heterocycles. The molecule has 3 aromatic rings. The highest BCUT2D eigenvalue weighted by Crippen LogP contribution is 2.37. The second-order valence-corrected chi connectivity index (χ2v) is 7.90. The lowest BCUT2D eigenvalue weighted by Gasteiger charge is -2.37. The minimum atomic E-state index is -0.559. The summed E-state index contributed by atoms with van der Waals surface area (Å²) >= 11 is 5.73. The van der Waals surface area contributed by atoms with Gasteiger partial charge in [-0.05, 0) is 31.3 Å². The molecule has 0 saturated carbocycles. The number of para-hydroxylation sites is 1. The van der Waals surface area contributed by atoms with Gasteiger partial charge in [0.15, 0.2) is 5.11 Å². The van der Waals surface area contributed by atoms with Crippen molar-refractivity contribution in [2.24, 2.45) is 0 Å². The molecule has 0 fully saturated rings. The molecule has 7 nitrogen and oxygen atoms in total. The van der Waals surface area contributed by atoms with Crippen LogP contribution in [0, 0.1) is 11.3 Å². The lowest BCUT2D eigenvalue weighted by Crippen LogP contribution is -2.48. The van der Waals surface area contributed by atoms with Crippen molar-refractivity contribution in [1.82, 2.24) is 15.1 Å². The average molecular weight is 458 g/mol. The molecule has 8 heteroatoms. The van der Waals surface area contributed by atoms with Gasteiger partial charge in [0.05, 0.1) is 43.5 Å². The Morgan fingerprint density at radius 2 is 1.85 bits per heavy atom. The molecule has 1 atom stereocenters. The second-order valence-electron chi connectivity index (χ2n) is 7.51. The predicted molar refractivity (Wildman–Crippen MR) is 130 cm³/mol.